The highest BCUT2D eigenvalue weighted by molar-refractivity contribution is 7.93. The smallest absolute Gasteiger partial charge is 0.259 e. The molecule has 0 amide bonds. The Kier molecular flexibility index (Phi) is 3.89. The Hall–Kier alpha value is -2.32. The van der Waals surface area contributed by atoms with Gasteiger partial charge < -0.3 is 0 Å². The number of aryl methyl sites for hydroxylation is 2. The van der Waals surface area contributed by atoms with Crippen LogP contribution >= 0.6 is 0 Å². The first-order valence-electron chi connectivity index (χ1n) is 7.86. The monoisotopic (exact) mass is 340 g/mol. The summed E-state index contributed by atoms with van der Waals surface area (Å²) in [6, 6.07) is 14.8. The van der Waals surface area contributed by atoms with Gasteiger partial charge in [-0.25, -0.2) is 8.42 Å². The van der Waals surface area contributed by atoms with Crippen LogP contribution in [0.5, 0.6) is 0 Å². The molecule has 5 heteroatoms. The van der Waals surface area contributed by atoms with Gasteiger partial charge in [-0.3, -0.25) is 4.31 Å². The minimum atomic E-state index is -3.73. The Bertz CT molecular complexity index is 927. The van der Waals surface area contributed by atoms with E-state index in [4.69, 9.17) is 0 Å². The Morgan fingerprint density at radius 3 is 2.38 bits per heavy atom. The number of anilines is 1. The third-order valence-corrected chi connectivity index (χ3v) is 6.52. The summed E-state index contributed by atoms with van der Waals surface area (Å²) < 4.78 is 28.0. The van der Waals surface area contributed by atoms with Crippen molar-refractivity contribution in [1.29, 1.82) is 5.26 Å². The first-order valence-corrected chi connectivity index (χ1v) is 9.30. The maximum Gasteiger partial charge on any atom is 0.264 e. The average Bonchev–Trinajstić information content (AvgIpc) is 2.79. The van der Waals surface area contributed by atoms with Crippen molar-refractivity contribution in [2.75, 3.05) is 4.31 Å². The molecule has 2 aromatic rings. The number of sulfonamides is 1. The third-order valence-electron chi connectivity index (χ3n) is 4.53. The number of hydrogen-bond donors (Lipinski definition) is 0. The van der Waals surface area contributed by atoms with Gasteiger partial charge in [-0.05, 0) is 51.0 Å². The van der Waals surface area contributed by atoms with Crippen LogP contribution in [0, 0.1) is 25.2 Å². The van der Waals surface area contributed by atoms with E-state index in [-0.39, 0.29) is 11.3 Å². The van der Waals surface area contributed by atoms with Crippen molar-refractivity contribution < 1.29 is 8.42 Å². The summed E-state index contributed by atoms with van der Waals surface area (Å²) in [5.41, 5.74) is 2.98. The average molecular weight is 340 g/mol. The van der Waals surface area contributed by atoms with Crippen molar-refractivity contribution in [3.63, 3.8) is 0 Å². The molecule has 0 radical (unpaired) electrons. The van der Waals surface area contributed by atoms with Crippen LogP contribution < -0.4 is 4.31 Å². The molecular formula is C19H20N2O2S. The predicted octanol–water partition coefficient (Wildman–Crippen LogP) is 3.73. The molecule has 1 atom stereocenters. The van der Waals surface area contributed by atoms with Gasteiger partial charge >= 0.3 is 0 Å². The van der Waals surface area contributed by atoms with E-state index < -0.39 is 15.6 Å². The third kappa shape index (κ3) is 2.57. The lowest BCUT2D eigenvalue weighted by Gasteiger charge is -2.34. The number of nitriles is 1. The van der Waals surface area contributed by atoms with Gasteiger partial charge in [0.15, 0.2) is 0 Å². The van der Waals surface area contributed by atoms with E-state index in [1.807, 2.05) is 39.0 Å². The van der Waals surface area contributed by atoms with Gasteiger partial charge in [0, 0.05) is 0 Å². The molecule has 4 nitrogen and oxygen atoms in total. The first kappa shape index (κ1) is 16.5. The lowest BCUT2D eigenvalue weighted by Crippen LogP contribution is -2.47. The molecule has 0 fully saturated rings. The van der Waals surface area contributed by atoms with Crippen LogP contribution in [0.25, 0.3) is 0 Å². The normalized spacial score (nSPS) is 19.8. The number of hydrogen-bond acceptors (Lipinski definition) is 3. The lowest BCUT2D eigenvalue weighted by atomic mass is 9.94. The minimum Gasteiger partial charge on any atom is -0.259 e. The maximum absolute atomic E-state index is 13.3. The summed E-state index contributed by atoms with van der Waals surface area (Å²) >= 11 is 0. The number of benzene rings is 2. The van der Waals surface area contributed by atoms with E-state index in [0.717, 1.165) is 16.7 Å². The lowest BCUT2D eigenvalue weighted by molar-refractivity contribution is 0.490. The van der Waals surface area contributed by atoms with Crippen molar-refractivity contribution in [3.05, 3.63) is 59.2 Å². The zero-order valence-electron chi connectivity index (χ0n) is 14.1. The molecule has 0 N–H and O–H groups in total. The number of nitrogens with zero attached hydrogens (tertiary/aromatic N) is 2. The second kappa shape index (κ2) is 5.64. The molecule has 0 aliphatic carbocycles. The minimum absolute atomic E-state index is 0.145. The highest BCUT2D eigenvalue weighted by Crippen LogP contribution is 2.44. The van der Waals surface area contributed by atoms with Gasteiger partial charge in [0.1, 0.15) is 0 Å². The van der Waals surface area contributed by atoms with Crippen molar-refractivity contribution in [1.82, 2.24) is 0 Å². The molecule has 1 aliphatic rings. The van der Waals surface area contributed by atoms with Crippen LogP contribution in [0.4, 0.5) is 5.69 Å². The van der Waals surface area contributed by atoms with Gasteiger partial charge in [0.25, 0.3) is 10.0 Å². The molecule has 0 aromatic heterocycles. The summed E-state index contributed by atoms with van der Waals surface area (Å²) in [7, 11) is -3.73. The fraction of sp³-hybridized carbons (Fsp3) is 0.316. The molecule has 2 aromatic carbocycles. The van der Waals surface area contributed by atoms with Crippen LogP contribution in [-0.4, -0.2) is 14.0 Å². The van der Waals surface area contributed by atoms with Crippen molar-refractivity contribution in [2.45, 2.75) is 44.0 Å². The topological polar surface area (TPSA) is 61.2 Å². The maximum atomic E-state index is 13.3. The van der Waals surface area contributed by atoms with Crippen molar-refractivity contribution >= 4 is 15.7 Å². The van der Waals surface area contributed by atoms with Gasteiger partial charge in [-0.1, -0.05) is 35.4 Å². The second-order valence-electron chi connectivity index (χ2n) is 6.72. The summed E-state index contributed by atoms with van der Waals surface area (Å²) in [5, 5.41) is 9.24. The molecule has 3 rings (SSSR count). The molecule has 0 bridgehead atoms. The molecule has 0 saturated heterocycles. The van der Waals surface area contributed by atoms with Gasteiger partial charge in [0.2, 0.25) is 0 Å². The molecule has 124 valence electrons. The van der Waals surface area contributed by atoms with Gasteiger partial charge in [-0.2, -0.15) is 5.26 Å². The summed E-state index contributed by atoms with van der Waals surface area (Å²) in [5.74, 6) is 0. The Labute approximate surface area is 143 Å². The molecule has 1 heterocycles. The highest BCUT2D eigenvalue weighted by Gasteiger charge is 2.46. The quantitative estimate of drug-likeness (QED) is 0.855. The second-order valence-corrected chi connectivity index (χ2v) is 8.51. The van der Waals surface area contributed by atoms with Crippen LogP contribution in [0.1, 0.15) is 30.0 Å². The molecule has 24 heavy (non-hydrogen) atoms. The van der Waals surface area contributed by atoms with Crippen LogP contribution in [0.15, 0.2) is 47.4 Å². The highest BCUT2D eigenvalue weighted by atomic mass is 32.2. The summed E-state index contributed by atoms with van der Waals surface area (Å²) in [6.45, 7) is 5.75. The zero-order valence-corrected chi connectivity index (χ0v) is 14.9. The predicted molar refractivity (Wildman–Crippen MR) is 94.4 cm³/mol. The van der Waals surface area contributed by atoms with Crippen LogP contribution in [0.3, 0.4) is 0 Å². The Morgan fingerprint density at radius 2 is 1.75 bits per heavy atom. The van der Waals surface area contributed by atoms with E-state index in [2.05, 4.69) is 6.07 Å². The standard InChI is InChI=1S/C19H20N2O2S/c1-14-4-7-17(8-5-14)24(22,23)21-18-9-6-15(2)12-16(18)13-19(21,3)10-11-20/h4-9,12H,10,13H2,1-3H3. The van der Waals surface area contributed by atoms with Crippen LogP contribution in [0.2, 0.25) is 0 Å². The van der Waals surface area contributed by atoms with Crippen molar-refractivity contribution in [3.8, 4) is 6.07 Å². The molecular weight excluding hydrogens is 320 g/mol. The molecule has 0 spiro atoms. The fourth-order valence-electron chi connectivity index (χ4n) is 3.37. The van der Waals surface area contributed by atoms with E-state index >= 15 is 0 Å². The number of rotatable bonds is 3. The van der Waals surface area contributed by atoms with E-state index in [9.17, 15) is 13.7 Å². The summed E-state index contributed by atoms with van der Waals surface area (Å²) in [4.78, 5) is 0.255. The SMILES string of the molecule is Cc1ccc(S(=O)(=O)N2c3ccc(C)cc3CC2(C)CC#N)cc1. The zero-order chi connectivity index (χ0) is 17.5. The van der Waals surface area contributed by atoms with Crippen molar-refractivity contribution in [2.24, 2.45) is 0 Å². The molecule has 1 aliphatic heterocycles. The van der Waals surface area contributed by atoms with E-state index in [1.54, 1.807) is 24.3 Å². The molecule has 1 unspecified atom stereocenters. The van der Waals surface area contributed by atoms with E-state index in [0.29, 0.717) is 12.1 Å². The fourth-order valence-corrected chi connectivity index (χ4v) is 5.20. The Balaban J connectivity index is 2.19. The van der Waals surface area contributed by atoms with Crippen LogP contribution in [-0.2, 0) is 16.4 Å². The van der Waals surface area contributed by atoms with Gasteiger partial charge in [-0.15, -0.1) is 0 Å². The summed E-state index contributed by atoms with van der Waals surface area (Å²) in [6.07, 6.45) is 0.689. The number of fused-ring (bicyclic) bond motifs is 1. The largest absolute Gasteiger partial charge is 0.264 e. The van der Waals surface area contributed by atoms with E-state index in [1.165, 1.54) is 4.31 Å². The Morgan fingerprint density at radius 1 is 1.12 bits per heavy atom. The first-order chi connectivity index (χ1) is 11.3. The van der Waals surface area contributed by atoms with Gasteiger partial charge in [0.05, 0.1) is 28.6 Å². The molecule has 0 saturated carbocycles.